The van der Waals surface area contributed by atoms with E-state index in [1.807, 2.05) is 0 Å². The van der Waals surface area contributed by atoms with Crippen LogP contribution in [0.3, 0.4) is 0 Å². The molecule has 0 saturated heterocycles. The van der Waals surface area contributed by atoms with Crippen LogP contribution in [0.5, 0.6) is 0 Å². The predicted molar refractivity (Wildman–Crippen MR) is 92.9 cm³/mol. The van der Waals surface area contributed by atoms with Gasteiger partial charge in [-0.15, -0.1) is 29.1 Å². The lowest BCUT2D eigenvalue weighted by molar-refractivity contribution is 0.279. The van der Waals surface area contributed by atoms with Crippen molar-refractivity contribution in [2.24, 2.45) is 0 Å². The molecule has 4 heteroatoms. The minimum Gasteiger partial charge on any atom is -0.401 e. The second-order valence-corrected chi connectivity index (χ2v) is 8.54. The van der Waals surface area contributed by atoms with E-state index < -0.39 is 13.9 Å². The fraction of sp³-hybridized carbons (Fsp3) is 0.875. The summed E-state index contributed by atoms with van der Waals surface area (Å²) in [5.74, 6) is 6.21. The maximum absolute atomic E-state index is 5.87. The van der Waals surface area contributed by atoms with Crippen molar-refractivity contribution in [3.05, 3.63) is 0 Å². The second-order valence-electron chi connectivity index (χ2n) is 5.33. The van der Waals surface area contributed by atoms with E-state index >= 15 is 0 Å². The molecule has 1 atom stereocenters. The average molecular weight is 336 g/mol. The zero-order chi connectivity index (χ0) is 15.2. The van der Waals surface area contributed by atoms with E-state index in [0.717, 1.165) is 6.42 Å². The Hall–Kier alpha value is 0.317. The number of halogens is 2. The summed E-state index contributed by atoms with van der Waals surface area (Å²) in [6, 6.07) is 0. The van der Waals surface area contributed by atoms with Crippen molar-refractivity contribution >= 4 is 32.2 Å². The molecular formula is C16H29Cl2OSi. The highest BCUT2D eigenvalue weighted by atomic mass is 35.5. The maximum Gasteiger partial charge on any atom is 0.206 e. The first-order valence-electron chi connectivity index (χ1n) is 7.81. The lowest BCUT2D eigenvalue weighted by atomic mass is 10.1. The molecule has 0 bridgehead atoms. The Bertz CT molecular complexity index is 271. The van der Waals surface area contributed by atoms with Crippen molar-refractivity contribution in [1.29, 1.82) is 0 Å². The summed E-state index contributed by atoms with van der Waals surface area (Å²) in [5, 5.41) is 0. The molecule has 0 rings (SSSR count). The molecule has 0 amide bonds. The van der Waals surface area contributed by atoms with E-state index in [4.69, 9.17) is 27.6 Å². The van der Waals surface area contributed by atoms with E-state index in [0.29, 0.717) is 0 Å². The average Bonchev–Trinajstić information content (AvgIpc) is 2.39. The van der Waals surface area contributed by atoms with E-state index in [9.17, 15) is 0 Å². The Morgan fingerprint density at radius 3 is 2.00 bits per heavy atom. The van der Waals surface area contributed by atoms with Crippen LogP contribution in [0.25, 0.3) is 0 Å². The zero-order valence-electron chi connectivity index (χ0n) is 13.2. The standard InChI is InChI=1S/C16H29Cl2OSi/c1-4-5-6-7-8-9-10-11-12-13-14-15(16(17)18)19-20(2)3/h15-16H,4-12H2,1-3H3. The van der Waals surface area contributed by atoms with E-state index in [-0.39, 0.29) is 6.10 Å². The molecule has 0 fully saturated rings. The highest BCUT2D eigenvalue weighted by Crippen LogP contribution is 2.13. The van der Waals surface area contributed by atoms with Gasteiger partial charge in [-0.1, -0.05) is 57.8 Å². The van der Waals surface area contributed by atoms with Crippen LogP contribution >= 0.6 is 23.2 Å². The summed E-state index contributed by atoms with van der Waals surface area (Å²) in [6.07, 6.45) is 11.2. The number of hydrogen-bond acceptors (Lipinski definition) is 1. The lowest BCUT2D eigenvalue weighted by Crippen LogP contribution is -2.24. The molecule has 117 valence electrons. The fourth-order valence-corrected chi connectivity index (χ4v) is 3.02. The third-order valence-electron chi connectivity index (χ3n) is 2.99. The summed E-state index contributed by atoms with van der Waals surface area (Å²) < 4.78 is 5.66. The first-order chi connectivity index (χ1) is 9.57. The van der Waals surface area contributed by atoms with Gasteiger partial charge in [0.1, 0.15) is 10.9 Å². The van der Waals surface area contributed by atoms with Gasteiger partial charge in [-0.05, 0) is 19.5 Å². The van der Waals surface area contributed by atoms with Gasteiger partial charge in [-0.25, -0.2) is 0 Å². The van der Waals surface area contributed by atoms with Crippen molar-refractivity contribution in [2.75, 3.05) is 0 Å². The molecule has 1 unspecified atom stereocenters. The van der Waals surface area contributed by atoms with Gasteiger partial charge in [0.05, 0.1) is 0 Å². The molecule has 0 N–H and O–H groups in total. The molecule has 0 aromatic carbocycles. The van der Waals surface area contributed by atoms with Gasteiger partial charge in [0.2, 0.25) is 9.04 Å². The topological polar surface area (TPSA) is 9.23 Å². The Balaban J connectivity index is 3.59. The molecule has 1 radical (unpaired) electrons. The molecule has 0 heterocycles. The Morgan fingerprint density at radius 2 is 1.50 bits per heavy atom. The smallest absolute Gasteiger partial charge is 0.206 e. The van der Waals surface area contributed by atoms with Crippen molar-refractivity contribution in [3.63, 3.8) is 0 Å². The van der Waals surface area contributed by atoms with Crippen molar-refractivity contribution in [1.82, 2.24) is 0 Å². The van der Waals surface area contributed by atoms with Crippen LogP contribution in [0, 0.1) is 11.8 Å². The summed E-state index contributed by atoms with van der Waals surface area (Å²) >= 11 is 11.7. The van der Waals surface area contributed by atoms with Crippen LogP contribution in [-0.2, 0) is 4.43 Å². The summed E-state index contributed by atoms with van der Waals surface area (Å²) in [6.45, 7) is 6.38. The molecule has 1 nitrogen and oxygen atoms in total. The zero-order valence-corrected chi connectivity index (χ0v) is 15.7. The maximum atomic E-state index is 5.87. The molecule has 20 heavy (non-hydrogen) atoms. The van der Waals surface area contributed by atoms with Gasteiger partial charge in [-0.2, -0.15) is 0 Å². The molecule has 0 aliphatic carbocycles. The molecule has 0 aliphatic heterocycles. The van der Waals surface area contributed by atoms with Crippen molar-refractivity contribution in [3.8, 4) is 11.8 Å². The number of rotatable bonds is 11. The Morgan fingerprint density at radius 1 is 0.950 bits per heavy atom. The van der Waals surface area contributed by atoms with Gasteiger partial charge in [0.15, 0.2) is 0 Å². The Labute approximate surface area is 137 Å². The van der Waals surface area contributed by atoms with Crippen LogP contribution in [0.4, 0.5) is 0 Å². The molecule has 0 aromatic heterocycles. The Kier molecular flexibility index (Phi) is 14.5. The lowest BCUT2D eigenvalue weighted by Gasteiger charge is -2.14. The van der Waals surface area contributed by atoms with Gasteiger partial charge in [0, 0.05) is 6.42 Å². The SMILES string of the molecule is CCCCCCCCCCC#CC(O[Si](C)C)C(Cl)Cl. The molecule has 0 aliphatic rings. The molecule has 0 saturated carbocycles. The van der Waals surface area contributed by atoms with Gasteiger partial charge < -0.3 is 4.43 Å². The van der Waals surface area contributed by atoms with E-state index in [2.05, 4.69) is 31.9 Å². The van der Waals surface area contributed by atoms with Crippen LogP contribution < -0.4 is 0 Å². The summed E-state index contributed by atoms with van der Waals surface area (Å²) in [5.41, 5.74) is 0. The van der Waals surface area contributed by atoms with Crippen LogP contribution in [-0.4, -0.2) is 20.0 Å². The quantitative estimate of drug-likeness (QED) is 0.196. The first kappa shape index (κ1) is 20.3. The van der Waals surface area contributed by atoms with Crippen LogP contribution in [0.2, 0.25) is 13.1 Å². The van der Waals surface area contributed by atoms with Crippen molar-refractivity contribution < 1.29 is 4.43 Å². The summed E-state index contributed by atoms with van der Waals surface area (Å²) in [4.78, 5) is -0.555. The van der Waals surface area contributed by atoms with E-state index in [1.54, 1.807) is 0 Å². The number of unbranched alkanes of at least 4 members (excludes halogenated alkanes) is 8. The predicted octanol–water partition coefficient (Wildman–Crippen LogP) is 5.96. The third-order valence-corrected chi connectivity index (χ3v) is 4.17. The highest BCUT2D eigenvalue weighted by molar-refractivity contribution is 6.49. The minimum absolute atomic E-state index is 0.323. The fourth-order valence-electron chi connectivity index (χ4n) is 1.92. The van der Waals surface area contributed by atoms with Crippen molar-refractivity contribution in [2.45, 2.75) is 88.7 Å². The monoisotopic (exact) mass is 335 g/mol. The van der Waals surface area contributed by atoms with Gasteiger partial charge >= 0.3 is 0 Å². The normalized spacial score (nSPS) is 12.6. The largest absolute Gasteiger partial charge is 0.401 e. The summed E-state index contributed by atoms with van der Waals surface area (Å²) in [7, 11) is -0.811. The minimum atomic E-state index is -0.811. The molecule has 0 spiro atoms. The van der Waals surface area contributed by atoms with E-state index in [1.165, 1.54) is 51.4 Å². The van der Waals surface area contributed by atoms with Crippen LogP contribution in [0.1, 0.15) is 64.7 Å². The molecular weight excluding hydrogens is 307 g/mol. The van der Waals surface area contributed by atoms with Gasteiger partial charge in [-0.3, -0.25) is 0 Å². The molecule has 0 aromatic rings. The second kappa shape index (κ2) is 14.3. The highest BCUT2D eigenvalue weighted by Gasteiger charge is 2.16. The van der Waals surface area contributed by atoms with Gasteiger partial charge in [0.25, 0.3) is 0 Å². The number of hydrogen-bond donors (Lipinski definition) is 0. The third kappa shape index (κ3) is 13.3. The van der Waals surface area contributed by atoms with Crippen LogP contribution in [0.15, 0.2) is 0 Å². The first-order valence-corrected chi connectivity index (χ1v) is 11.1. The number of alkyl halides is 2.